The summed E-state index contributed by atoms with van der Waals surface area (Å²) in [5.41, 5.74) is 0. The number of carbonyl (C=O) groups excluding carboxylic acids is 1. The second-order valence-electron chi connectivity index (χ2n) is 5.84. The van der Waals surface area contributed by atoms with Gasteiger partial charge in [0.1, 0.15) is 11.9 Å². The van der Waals surface area contributed by atoms with Gasteiger partial charge in [-0.3, -0.25) is 9.78 Å². The molecule has 132 valence electrons. The molecule has 2 aromatic rings. The summed E-state index contributed by atoms with van der Waals surface area (Å²) in [6, 6.07) is 11.0. The molecule has 1 aliphatic rings. The molecule has 25 heavy (non-hydrogen) atoms. The average molecular weight is 342 g/mol. The van der Waals surface area contributed by atoms with Gasteiger partial charge in [-0.2, -0.15) is 0 Å². The third-order valence-corrected chi connectivity index (χ3v) is 4.10. The smallest absolute Gasteiger partial charge is 0.260 e. The highest BCUT2D eigenvalue weighted by Crippen LogP contribution is 2.26. The number of carbonyl (C=O) groups is 1. The Morgan fingerprint density at radius 1 is 1.20 bits per heavy atom. The average Bonchev–Trinajstić information content (AvgIpc) is 2.67. The number of likely N-dealkylation sites (tertiary alicyclic amines) is 1. The molecule has 1 saturated heterocycles. The summed E-state index contributed by atoms with van der Waals surface area (Å²) in [6.07, 6.45) is 5.23. The van der Waals surface area contributed by atoms with E-state index in [1.165, 1.54) is 0 Å². The third-order valence-electron chi connectivity index (χ3n) is 4.10. The lowest BCUT2D eigenvalue weighted by Crippen LogP contribution is -2.46. The predicted octanol–water partition coefficient (Wildman–Crippen LogP) is 2.54. The number of nitrogens with zero attached hydrogens (tertiary/aromatic N) is 2. The number of methoxy groups -OCH3 is 1. The lowest BCUT2D eigenvalue weighted by atomic mass is 10.1. The minimum atomic E-state index is -0.0473. The quantitative estimate of drug-likeness (QED) is 0.807. The Morgan fingerprint density at radius 2 is 1.96 bits per heavy atom. The summed E-state index contributed by atoms with van der Waals surface area (Å²) in [5, 5.41) is 0. The van der Waals surface area contributed by atoms with Gasteiger partial charge in [-0.1, -0.05) is 12.1 Å². The molecule has 6 heteroatoms. The van der Waals surface area contributed by atoms with Crippen LogP contribution in [0.25, 0.3) is 0 Å². The molecule has 1 amide bonds. The van der Waals surface area contributed by atoms with Crippen LogP contribution in [0.15, 0.2) is 48.8 Å². The monoisotopic (exact) mass is 342 g/mol. The molecule has 1 atom stereocenters. The molecule has 2 heterocycles. The topological polar surface area (TPSA) is 60.9 Å². The van der Waals surface area contributed by atoms with Crippen molar-refractivity contribution >= 4 is 5.91 Å². The molecule has 0 aliphatic carbocycles. The fourth-order valence-corrected chi connectivity index (χ4v) is 2.84. The highest BCUT2D eigenvalue weighted by molar-refractivity contribution is 5.78. The zero-order chi connectivity index (χ0) is 17.5. The number of pyridine rings is 1. The van der Waals surface area contributed by atoms with Crippen LogP contribution in [0.4, 0.5) is 0 Å². The Bertz CT molecular complexity index is 693. The zero-order valence-corrected chi connectivity index (χ0v) is 14.3. The maximum atomic E-state index is 12.5. The first-order chi connectivity index (χ1) is 12.3. The van der Waals surface area contributed by atoms with Crippen LogP contribution >= 0.6 is 0 Å². The Morgan fingerprint density at radius 3 is 2.72 bits per heavy atom. The van der Waals surface area contributed by atoms with Gasteiger partial charge in [0.25, 0.3) is 5.91 Å². The SMILES string of the molecule is COc1ccccc1OCC(=O)N1CCC[C@@H](Oc2ccncc2)C1. The molecule has 0 saturated carbocycles. The van der Waals surface area contributed by atoms with Crippen molar-refractivity contribution in [2.75, 3.05) is 26.8 Å². The molecular formula is C19H22N2O4. The number of ether oxygens (including phenoxy) is 3. The summed E-state index contributed by atoms with van der Waals surface area (Å²) in [4.78, 5) is 18.2. The van der Waals surface area contributed by atoms with E-state index in [-0.39, 0.29) is 18.6 Å². The van der Waals surface area contributed by atoms with E-state index in [9.17, 15) is 4.79 Å². The molecule has 1 fully saturated rings. The van der Waals surface area contributed by atoms with Crippen LogP contribution in [0.5, 0.6) is 17.2 Å². The first kappa shape index (κ1) is 17.1. The van der Waals surface area contributed by atoms with Gasteiger partial charge in [0.15, 0.2) is 18.1 Å². The molecule has 1 aliphatic heterocycles. The second-order valence-corrected chi connectivity index (χ2v) is 5.84. The highest BCUT2D eigenvalue weighted by Gasteiger charge is 2.25. The van der Waals surface area contributed by atoms with Crippen molar-refractivity contribution in [3.63, 3.8) is 0 Å². The molecule has 0 N–H and O–H groups in total. The molecule has 3 rings (SSSR count). The second kappa shape index (κ2) is 8.37. The van der Waals surface area contributed by atoms with Crippen molar-refractivity contribution in [2.24, 2.45) is 0 Å². The fourth-order valence-electron chi connectivity index (χ4n) is 2.84. The number of piperidine rings is 1. The number of benzene rings is 1. The maximum Gasteiger partial charge on any atom is 0.260 e. The van der Waals surface area contributed by atoms with E-state index in [0.29, 0.717) is 18.0 Å². The van der Waals surface area contributed by atoms with Gasteiger partial charge in [-0.15, -0.1) is 0 Å². The van der Waals surface area contributed by atoms with E-state index in [1.807, 2.05) is 24.3 Å². The summed E-state index contributed by atoms with van der Waals surface area (Å²) < 4.78 is 16.8. The van der Waals surface area contributed by atoms with Gasteiger partial charge in [0, 0.05) is 18.9 Å². The van der Waals surface area contributed by atoms with Crippen molar-refractivity contribution in [3.05, 3.63) is 48.8 Å². The number of hydrogen-bond acceptors (Lipinski definition) is 5. The molecule has 0 spiro atoms. The van der Waals surface area contributed by atoms with Crippen molar-refractivity contribution in [2.45, 2.75) is 18.9 Å². The van der Waals surface area contributed by atoms with Crippen LogP contribution in [0.2, 0.25) is 0 Å². The minimum Gasteiger partial charge on any atom is -0.493 e. The number of amides is 1. The summed E-state index contributed by atoms with van der Waals surface area (Å²) in [7, 11) is 1.58. The number of hydrogen-bond donors (Lipinski definition) is 0. The lowest BCUT2D eigenvalue weighted by Gasteiger charge is -2.32. The molecule has 0 bridgehead atoms. The summed E-state index contributed by atoms with van der Waals surface area (Å²) in [5.74, 6) is 1.92. The summed E-state index contributed by atoms with van der Waals surface area (Å²) in [6.45, 7) is 1.28. The van der Waals surface area contributed by atoms with E-state index >= 15 is 0 Å². The van der Waals surface area contributed by atoms with Crippen LogP contribution in [0.1, 0.15) is 12.8 Å². The Balaban J connectivity index is 1.53. The first-order valence-electron chi connectivity index (χ1n) is 8.36. The molecule has 1 aromatic carbocycles. The van der Waals surface area contributed by atoms with Crippen molar-refractivity contribution in [3.8, 4) is 17.2 Å². The standard InChI is InChI=1S/C19H22N2O4/c1-23-17-6-2-3-7-18(17)24-14-19(22)21-12-4-5-16(13-21)25-15-8-10-20-11-9-15/h2-3,6-11,16H,4-5,12-14H2,1H3/t16-/m1/s1. The van der Waals surface area contributed by atoms with Gasteiger partial charge < -0.3 is 19.1 Å². The van der Waals surface area contributed by atoms with E-state index in [1.54, 1.807) is 36.5 Å². The van der Waals surface area contributed by atoms with E-state index in [2.05, 4.69) is 4.98 Å². The van der Waals surface area contributed by atoms with Crippen LogP contribution in [0.3, 0.4) is 0 Å². The minimum absolute atomic E-state index is 0.00800. The van der Waals surface area contributed by atoms with E-state index in [0.717, 1.165) is 25.1 Å². The van der Waals surface area contributed by atoms with Crippen LogP contribution in [-0.4, -0.2) is 48.7 Å². The van der Waals surface area contributed by atoms with Gasteiger partial charge in [0.2, 0.25) is 0 Å². The largest absolute Gasteiger partial charge is 0.493 e. The van der Waals surface area contributed by atoms with Crippen LogP contribution in [-0.2, 0) is 4.79 Å². The highest BCUT2D eigenvalue weighted by atomic mass is 16.5. The number of aromatic nitrogens is 1. The number of para-hydroxylation sites is 2. The van der Waals surface area contributed by atoms with Crippen molar-refractivity contribution in [1.82, 2.24) is 9.88 Å². The fraction of sp³-hybridized carbons (Fsp3) is 0.368. The third kappa shape index (κ3) is 4.62. The van der Waals surface area contributed by atoms with E-state index < -0.39 is 0 Å². The van der Waals surface area contributed by atoms with Gasteiger partial charge in [-0.25, -0.2) is 0 Å². The van der Waals surface area contributed by atoms with Crippen LogP contribution < -0.4 is 14.2 Å². The van der Waals surface area contributed by atoms with Crippen LogP contribution in [0, 0.1) is 0 Å². The number of rotatable bonds is 6. The lowest BCUT2D eigenvalue weighted by molar-refractivity contribution is -0.136. The predicted molar refractivity (Wildman–Crippen MR) is 93.0 cm³/mol. The normalized spacial score (nSPS) is 17.0. The van der Waals surface area contributed by atoms with Gasteiger partial charge in [0.05, 0.1) is 13.7 Å². The Kier molecular flexibility index (Phi) is 5.72. The Hall–Kier alpha value is -2.76. The summed E-state index contributed by atoms with van der Waals surface area (Å²) >= 11 is 0. The van der Waals surface area contributed by atoms with Crippen molar-refractivity contribution < 1.29 is 19.0 Å². The molecule has 0 unspecified atom stereocenters. The van der Waals surface area contributed by atoms with Gasteiger partial charge >= 0.3 is 0 Å². The zero-order valence-electron chi connectivity index (χ0n) is 14.3. The molecular weight excluding hydrogens is 320 g/mol. The van der Waals surface area contributed by atoms with Gasteiger partial charge in [-0.05, 0) is 37.1 Å². The first-order valence-corrected chi connectivity index (χ1v) is 8.36. The van der Waals surface area contributed by atoms with Crippen molar-refractivity contribution in [1.29, 1.82) is 0 Å². The molecule has 6 nitrogen and oxygen atoms in total. The molecule has 0 radical (unpaired) electrons. The Labute approximate surface area is 147 Å². The molecule has 1 aromatic heterocycles. The maximum absolute atomic E-state index is 12.5. The van der Waals surface area contributed by atoms with E-state index in [4.69, 9.17) is 14.2 Å².